The lowest BCUT2D eigenvalue weighted by molar-refractivity contribution is 0.0518. The normalized spacial score (nSPS) is 10.5. The van der Waals surface area contributed by atoms with Crippen LogP contribution in [0, 0.1) is 0 Å². The average Bonchev–Trinajstić information content (AvgIpc) is 2.54. The van der Waals surface area contributed by atoms with Gasteiger partial charge in [0, 0.05) is 24.8 Å². The maximum absolute atomic E-state index is 11.7. The second-order valence-corrected chi connectivity index (χ2v) is 3.25. The highest BCUT2D eigenvalue weighted by molar-refractivity contribution is 6.02. The molecule has 0 N–H and O–H groups in total. The van der Waals surface area contributed by atoms with E-state index in [1.165, 1.54) is 0 Å². The highest BCUT2D eigenvalue weighted by Crippen LogP contribution is 2.18. The Morgan fingerprint density at radius 2 is 2.40 bits per heavy atom. The van der Waals surface area contributed by atoms with E-state index in [0.29, 0.717) is 12.3 Å². The van der Waals surface area contributed by atoms with Gasteiger partial charge in [0.1, 0.15) is 5.69 Å². The Balaban J connectivity index is 2.58. The van der Waals surface area contributed by atoms with Crippen LogP contribution in [0.1, 0.15) is 17.4 Å². The molecule has 0 saturated carbocycles. The first kappa shape index (κ1) is 9.71. The van der Waals surface area contributed by atoms with E-state index < -0.39 is 0 Å². The molecule has 0 saturated heterocycles. The van der Waals surface area contributed by atoms with Gasteiger partial charge >= 0.3 is 5.97 Å². The van der Waals surface area contributed by atoms with Crippen molar-refractivity contribution in [2.75, 3.05) is 6.61 Å². The highest BCUT2D eigenvalue weighted by Gasteiger charge is 2.15. The lowest BCUT2D eigenvalue weighted by Gasteiger charge is -2.02. The highest BCUT2D eigenvalue weighted by atomic mass is 16.5. The Kier molecular flexibility index (Phi) is 2.41. The molecular formula is C11H12N2O2. The summed E-state index contributed by atoms with van der Waals surface area (Å²) in [4.78, 5) is 15.8. The van der Waals surface area contributed by atoms with Gasteiger partial charge in [-0.3, -0.25) is 4.98 Å². The number of fused-ring (bicyclic) bond motifs is 1. The summed E-state index contributed by atoms with van der Waals surface area (Å²) < 4.78 is 6.73. The molecule has 0 aliphatic carbocycles. The smallest absolute Gasteiger partial charge is 0.355 e. The van der Waals surface area contributed by atoms with Gasteiger partial charge in [0.25, 0.3) is 0 Å². The first-order chi connectivity index (χ1) is 7.24. The van der Waals surface area contributed by atoms with Gasteiger partial charge in [0.2, 0.25) is 0 Å². The first-order valence-electron chi connectivity index (χ1n) is 4.81. The molecule has 0 spiro atoms. The Morgan fingerprint density at radius 3 is 3.13 bits per heavy atom. The van der Waals surface area contributed by atoms with Gasteiger partial charge in [-0.1, -0.05) is 0 Å². The predicted octanol–water partition coefficient (Wildman–Crippen LogP) is 1.75. The minimum absolute atomic E-state index is 0.303. The van der Waals surface area contributed by atoms with Crippen molar-refractivity contribution in [3.63, 3.8) is 0 Å². The van der Waals surface area contributed by atoms with E-state index in [0.717, 1.165) is 10.9 Å². The number of ether oxygens (including phenoxy) is 1. The number of aryl methyl sites for hydroxylation is 1. The molecule has 0 aliphatic rings. The van der Waals surface area contributed by atoms with Crippen molar-refractivity contribution in [1.29, 1.82) is 0 Å². The molecule has 0 bridgehead atoms. The van der Waals surface area contributed by atoms with Crippen LogP contribution in [-0.2, 0) is 11.8 Å². The summed E-state index contributed by atoms with van der Waals surface area (Å²) in [6.45, 7) is 2.17. The molecule has 2 heterocycles. The van der Waals surface area contributed by atoms with Gasteiger partial charge in [-0.2, -0.15) is 0 Å². The van der Waals surface area contributed by atoms with Crippen LogP contribution in [-0.4, -0.2) is 22.1 Å². The molecule has 2 rings (SSSR count). The molecule has 0 unspecified atom stereocenters. The van der Waals surface area contributed by atoms with E-state index in [4.69, 9.17) is 4.74 Å². The second-order valence-electron chi connectivity index (χ2n) is 3.25. The molecule has 0 aromatic carbocycles. The number of esters is 1. The summed E-state index contributed by atoms with van der Waals surface area (Å²) in [5.74, 6) is -0.303. The molecule has 0 fully saturated rings. The molecule has 2 aromatic rings. The van der Waals surface area contributed by atoms with Crippen LogP contribution in [0.3, 0.4) is 0 Å². The van der Waals surface area contributed by atoms with Crippen molar-refractivity contribution >= 4 is 16.9 Å². The topological polar surface area (TPSA) is 44.1 Å². The fourth-order valence-electron chi connectivity index (χ4n) is 1.61. The summed E-state index contributed by atoms with van der Waals surface area (Å²) >= 11 is 0. The zero-order chi connectivity index (χ0) is 10.8. The second kappa shape index (κ2) is 3.73. The van der Waals surface area contributed by atoms with Crippen LogP contribution in [0.25, 0.3) is 10.9 Å². The number of hydrogen-bond donors (Lipinski definition) is 0. The predicted molar refractivity (Wildman–Crippen MR) is 56.7 cm³/mol. The van der Waals surface area contributed by atoms with E-state index in [9.17, 15) is 4.79 Å². The summed E-state index contributed by atoms with van der Waals surface area (Å²) in [7, 11) is 1.81. The van der Waals surface area contributed by atoms with Crippen molar-refractivity contribution in [3.05, 3.63) is 30.2 Å². The molecule has 0 atom stereocenters. The van der Waals surface area contributed by atoms with E-state index in [2.05, 4.69) is 4.98 Å². The van der Waals surface area contributed by atoms with Crippen molar-refractivity contribution < 1.29 is 9.53 Å². The average molecular weight is 204 g/mol. The monoisotopic (exact) mass is 204 g/mol. The number of aromatic nitrogens is 2. The summed E-state index contributed by atoms with van der Waals surface area (Å²) in [6, 6.07) is 3.68. The summed E-state index contributed by atoms with van der Waals surface area (Å²) in [6.07, 6.45) is 3.53. The Labute approximate surface area is 87.5 Å². The van der Waals surface area contributed by atoms with Crippen LogP contribution in [0.5, 0.6) is 0 Å². The Hall–Kier alpha value is -1.84. The molecule has 4 nitrogen and oxygen atoms in total. The largest absolute Gasteiger partial charge is 0.461 e. The molecule has 2 aromatic heterocycles. The lowest BCUT2D eigenvalue weighted by Crippen LogP contribution is -2.09. The maximum atomic E-state index is 11.7. The SMILES string of the molecule is CCOC(=O)c1c2cccnc2cn1C. The number of carbonyl (C=O) groups excluding carboxylic acids is 1. The third kappa shape index (κ3) is 1.58. The number of nitrogens with zero attached hydrogens (tertiary/aromatic N) is 2. The standard InChI is InChI=1S/C11H12N2O2/c1-3-15-11(14)10-8-5-4-6-12-9(8)7-13(10)2/h4-7H,3H2,1-2H3. The van der Waals surface area contributed by atoms with Crippen molar-refractivity contribution in [2.24, 2.45) is 7.05 Å². The first-order valence-corrected chi connectivity index (χ1v) is 4.81. The van der Waals surface area contributed by atoms with E-state index in [-0.39, 0.29) is 5.97 Å². The minimum Gasteiger partial charge on any atom is -0.461 e. The number of hydrogen-bond acceptors (Lipinski definition) is 3. The third-order valence-electron chi connectivity index (χ3n) is 2.23. The molecule has 4 heteroatoms. The Bertz CT molecular complexity index is 502. The Morgan fingerprint density at radius 1 is 1.60 bits per heavy atom. The fourth-order valence-corrected chi connectivity index (χ4v) is 1.61. The molecular weight excluding hydrogens is 192 g/mol. The zero-order valence-electron chi connectivity index (χ0n) is 8.73. The molecule has 78 valence electrons. The summed E-state index contributed by atoms with van der Waals surface area (Å²) in [5, 5.41) is 0.832. The number of pyridine rings is 1. The van der Waals surface area contributed by atoms with Gasteiger partial charge in [-0.25, -0.2) is 4.79 Å². The minimum atomic E-state index is -0.303. The molecule has 0 amide bonds. The van der Waals surface area contributed by atoms with Crippen LogP contribution in [0.2, 0.25) is 0 Å². The van der Waals surface area contributed by atoms with Crippen LogP contribution >= 0.6 is 0 Å². The van der Waals surface area contributed by atoms with Gasteiger partial charge in [-0.15, -0.1) is 0 Å². The molecule has 0 aliphatic heterocycles. The van der Waals surface area contributed by atoms with Gasteiger partial charge in [0.05, 0.1) is 12.1 Å². The van der Waals surface area contributed by atoms with E-state index in [1.54, 1.807) is 17.7 Å². The van der Waals surface area contributed by atoms with Crippen molar-refractivity contribution in [1.82, 2.24) is 9.55 Å². The van der Waals surface area contributed by atoms with E-state index >= 15 is 0 Å². The lowest BCUT2D eigenvalue weighted by atomic mass is 10.2. The molecule has 0 radical (unpaired) electrons. The van der Waals surface area contributed by atoms with Crippen LogP contribution < -0.4 is 0 Å². The van der Waals surface area contributed by atoms with Gasteiger partial charge in [-0.05, 0) is 19.1 Å². The number of rotatable bonds is 2. The van der Waals surface area contributed by atoms with Crippen molar-refractivity contribution in [3.8, 4) is 0 Å². The third-order valence-corrected chi connectivity index (χ3v) is 2.23. The summed E-state index contributed by atoms with van der Waals surface area (Å²) in [5.41, 5.74) is 1.36. The van der Waals surface area contributed by atoms with Crippen molar-refractivity contribution in [2.45, 2.75) is 6.92 Å². The maximum Gasteiger partial charge on any atom is 0.355 e. The molecule has 15 heavy (non-hydrogen) atoms. The fraction of sp³-hybridized carbons (Fsp3) is 0.273. The van der Waals surface area contributed by atoms with Gasteiger partial charge < -0.3 is 9.30 Å². The van der Waals surface area contributed by atoms with Crippen LogP contribution in [0.15, 0.2) is 24.5 Å². The quantitative estimate of drug-likeness (QED) is 0.700. The zero-order valence-corrected chi connectivity index (χ0v) is 8.73. The van der Waals surface area contributed by atoms with Gasteiger partial charge in [0.15, 0.2) is 0 Å². The van der Waals surface area contributed by atoms with E-state index in [1.807, 2.05) is 25.4 Å². The van der Waals surface area contributed by atoms with Crippen LogP contribution in [0.4, 0.5) is 0 Å². The number of carbonyl (C=O) groups is 1.